The summed E-state index contributed by atoms with van der Waals surface area (Å²) in [6.07, 6.45) is 97.1. The van der Waals surface area contributed by atoms with Crippen molar-refractivity contribution in [1.82, 2.24) is 0 Å². The lowest BCUT2D eigenvalue weighted by molar-refractivity contribution is -0.167. The number of carbonyl (C=O) groups is 3. The zero-order chi connectivity index (χ0) is 59.9. The smallest absolute Gasteiger partial charge is 0.306 e. The number of unbranched alkanes of at least 4 members (excludes halogenated alkanes) is 35. The minimum Gasteiger partial charge on any atom is -0.462 e. The molecule has 0 aliphatic carbocycles. The molecule has 0 aliphatic heterocycles. The number of ether oxygens (including phenoxy) is 3. The van der Waals surface area contributed by atoms with Gasteiger partial charge in [0.05, 0.1) is 0 Å². The summed E-state index contributed by atoms with van der Waals surface area (Å²) >= 11 is 0. The number of carbonyl (C=O) groups excluding carboxylic acids is 3. The SMILES string of the molecule is CC/C=C\C/C=C\C/C=C\C/C=C\C/C=C\C/C=C\CCCCCCC(=O)OC(COC(=O)CCCCC/C=C\C/C=C\C/C=C\CC)COC(=O)CCCCCCCCCCCCCCCCCCCCCCCCCCCCCCC. The van der Waals surface area contributed by atoms with Crippen LogP contribution in [0.4, 0.5) is 0 Å². The Kier molecular flexibility index (Phi) is 67.2. The number of esters is 3. The van der Waals surface area contributed by atoms with Crippen molar-refractivity contribution in [2.75, 3.05) is 13.2 Å². The summed E-state index contributed by atoms with van der Waals surface area (Å²) < 4.78 is 16.9. The molecule has 0 aliphatic rings. The first-order valence-corrected chi connectivity index (χ1v) is 35.4. The van der Waals surface area contributed by atoms with Gasteiger partial charge in [0, 0.05) is 19.3 Å². The molecule has 0 saturated carbocycles. The van der Waals surface area contributed by atoms with Crippen molar-refractivity contribution in [3.05, 3.63) is 109 Å². The monoisotopic (exact) mass is 1150 g/mol. The van der Waals surface area contributed by atoms with Gasteiger partial charge in [-0.25, -0.2) is 0 Å². The molecule has 0 saturated heterocycles. The highest BCUT2D eigenvalue weighted by molar-refractivity contribution is 5.71. The van der Waals surface area contributed by atoms with E-state index in [-0.39, 0.29) is 31.1 Å². The fraction of sp³-hybridized carbons (Fsp3) is 0.727. The predicted octanol–water partition coefficient (Wildman–Crippen LogP) is 24.6. The normalized spacial score (nSPS) is 12.8. The number of allylic oxidation sites excluding steroid dienone is 18. The number of hydrogen-bond donors (Lipinski definition) is 0. The Balaban J connectivity index is 4.29. The van der Waals surface area contributed by atoms with E-state index in [1.54, 1.807) is 0 Å². The number of rotatable bonds is 64. The van der Waals surface area contributed by atoms with Gasteiger partial charge < -0.3 is 14.2 Å². The molecule has 0 bridgehead atoms. The van der Waals surface area contributed by atoms with Crippen LogP contribution in [-0.4, -0.2) is 37.2 Å². The Morgan fingerprint density at radius 3 is 0.747 bits per heavy atom. The second kappa shape index (κ2) is 70.6. The van der Waals surface area contributed by atoms with Gasteiger partial charge in [-0.2, -0.15) is 0 Å². The van der Waals surface area contributed by atoms with Crippen molar-refractivity contribution >= 4 is 17.9 Å². The van der Waals surface area contributed by atoms with Crippen molar-refractivity contribution in [3.63, 3.8) is 0 Å². The van der Waals surface area contributed by atoms with Crippen LogP contribution in [-0.2, 0) is 28.6 Å². The van der Waals surface area contributed by atoms with E-state index in [0.29, 0.717) is 19.3 Å². The van der Waals surface area contributed by atoms with Gasteiger partial charge in [0.25, 0.3) is 0 Å². The average Bonchev–Trinajstić information content (AvgIpc) is 3.49. The summed E-state index contributed by atoms with van der Waals surface area (Å²) in [5, 5.41) is 0. The van der Waals surface area contributed by atoms with Crippen molar-refractivity contribution in [1.29, 1.82) is 0 Å². The lowest BCUT2D eigenvalue weighted by Gasteiger charge is -2.18. The van der Waals surface area contributed by atoms with E-state index in [0.717, 1.165) is 135 Å². The zero-order valence-corrected chi connectivity index (χ0v) is 54.7. The molecular formula is C77H132O6. The molecule has 0 aromatic rings. The van der Waals surface area contributed by atoms with Crippen LogP contribution in [0.5, 0.6) is 0 Å². The van der Waals surface area contributed by atoms with Crippen LogP contribution < -0.4 is 0 Å². The molecule has 1 unspecified atom stereocenters. The summed E-state index contributed by atoms with van der Waals surface area (Å²) in [4.78, 5) is 38.4. The molecular weight excluding hydrogens is 1020 g/mol. The maximum Gasteiger partial charge on any atom is 0.306 e. The van der Waals surface area contributed by atoms with E-state index in [9.17, 15) is 14.4 Å². The van der Waals surface area contributed by atoms with Crippen LogP contribution in [0.1, 0.15) is 342 Å². The summed E-state index contributed by atoms with van der Waals surface area (Å²) in [7, 11) is 0. The Morgan fingerprint density at radius 1 is 0.253 bits per heavy atom. The largest absolute Gasteiger partial charge is 0.462 e. The van der Waals surface area contributed by atoms with Crippen LogP contribution in [0.3, 0.4) is 0 Å². The van der Waals surface area contributed by atoms with E-state index in [1.807, 2.05) is 0 Å². The highest BCUT2D eigenvalue weighted by atomic mass is 16.6. The standard InChI is InChI=1S/C77H132O6/c1-4-7-10-13-16-19-22-25-27-29-31-33-35-36-37-38-39-40-42-43-45-47-49-52-55-58-61-64-67-70-76(79)82-73-74(72-81-75(78)69-66-63-60-57-54-51-24-21-18-15-12-9-6-3)83-77(80)71-68-65-62-59-56-53-50-48-46-44-41-34-32-30-28-26-23-20-17-14-11-8-5-2/h8-9,11-12,17-18,20-21,26,28,32,34,44,46,50-51,53-54,74H,4-7,10,13-16,19,22-25,27,29-31,33,35-43,45,47-49,52,55-73H2,1-3H3/b11-8-,12-9-,20-17-,21-18-,28-26-,34-32-,46-44-,53-50-,54-51-. The highest BCUT2D eigenvalue weighted by Gasteiger charge is 2.19. The molecule has 0 radical (unpaired) electrons. The summed E-state index contributed by atoms with van der Waals surface area (Å²) in [5.41, 5.74) is 0. The lowest BCUT2D eigenvalue weighted by Crippen LogP contribution is -2.30. The van der Waals surface area contributed by atoms with Crippen LogP contribution in [0.15, 0.2) is 109 Å². The zero-order valence-electron chi connectivity index (χ0n) is 54.7. The molecule has 0 N–H and O–H groups in total. The molecule has 0 amide bonds. The second-order valence-electron chi connectivity index (χ2n) is 23.4. The summed E-state index contributed by atoms with van der Waals surface area (Å²) in [5.74, 6) is -0.941. The Morgan fingerprint density at radius 2 is 0.470 bits per heavy atom. The van der Waals surface area contributed by atoms with Crippen LogP contribution in [0.2, 0.25) is 0 Å². The molecule has 0 spiro atoms. The molecule has 0 aromatic carbocycles. The first-order valence-electron chi connectivity index (χ1n) is 35.4. The van der Waals surface area contributed by atoms with E-state index < -0.39 is 6.10 Å². The third-order valence-electron chi connectivity index (χ3n) is 15.3. The first kappa shape index (κ1) is 79.1. The van der Waals surface area contributed by atoms with Gasteiger partial charge in [0.15, 0.2) is 6.10 Å². The third kappa shape index (κ3) is 68.7. The minimum atomic E-state index is -0.807. The topological polar surface area (TPSA) is 78.9 Å². The van der Waals surface area contributed by atoms with Gasteiger partial charge in [0.2, 0.25) is 0 Å². The second-order valence-corrected chi connectivity index (χ2v) is 23.4. The molecule has 0 aromatic heterocycles. The Bertz CT molecular complexity index is 1660. The average molecular weight is 1150 g/mol. The minimum absolute atomic E-state index is 0.0969. The Labute approximate surface area is 514 Å². The quantitative estimate of drug-likeness (QED) is 0.0261. The van der Waals surface area contributed by atoms with Crippen LogP contribution >= 0.6 is 0 Å². The van der Waals surface area contributed by atoms with Gasteiger partial charge >= 0.3 is 17.9 Å². The number of hydrogen-bond acceptors (Lipinski definition) is 6. The van der Waals surface area contributed by atoms with E-state index >= 15 is 0 Å². The molecule has 0 rings (SSSR count). The molecule has 0 fully saturated rings. The van der Waals surface area contributed by atoms with Gasteiger partial charge in [-0.3, -0.25) is 14.4 Å². The lowest BCUT2D eigenvalue weighted by atomic mass is 10.0. The maximum atomic E-state index is 12.9. The van der Waals surface area contributed by atoms with E-state index in [2.05, 4.69) is 130 Å². The van der Waals surface area contributed by atoms with Crippen LogP contribution in [0.25, 0.3) is 0 Å². The van der Waals surface area contributed by atoms with Crippen LogP contribution in [0, 0.1) is 0 Å². The molecule has 83 heavy (non-hydrogen) atoms. The molecule has 6 nitrogen and oxygen atoms in total. The molecule has 1 atom stereocenters. The molecule has 476 valence electrons. The molecule has 6 heteroatoms. The maximum absolute atomic E-state index is 12.9. The van der Waals surface area contributed by atoms with Crippen molar-refractivity contribution < 1.29 is 28.6 Å². The highest BCUT2D eigenvalue weighted by Crippen LogP contribution is 2.18. The van der Waals surface area contributed by atoms with Crippen molar-refractivity contribution in [2.45, 2.75) is 348 Å². The van der Waals surface area contributed by atoms with Crippen molar-refractivity contribution in [3.8, 4) is 0 Å². The molecule has 0 heterocycles. The third-order valence-corrected chi connectivity index (χ3v) is 15.3. The van der Waals surface area contributed by atoms with E-state index in [4.69, 9.17) is 14.2 Å². The predicted molar refractivity (Wildman–Crippen MR) is 362 cm³/mol. The van der Waals surface area contributed by atoms with E-state index in [1.165, 1.54) is 167 Å². The van der Waals surface area contributed by atoms with Gasteiger partial charge in [-0.1, -0.05) is 329 Å². The van der Waals surface area contributed by atoms with Gasteiger partial charge in [-0.05, 0) is 103 Å². The first-order chi connectivity index (χ1) is 41.0. The van der Waals surface area contributed by atoms with Gasteiger partial charge in [-0.15, -0.1) is 0 Å². The fourth-order valence-electron chi connectivity index (χ4n) is 10.1. The van der Waals surface area contributed by atoms with Gasteiger partial charge in [0.1, 0.15) is 13.2 Å². The summed E-state index contributed by atoms with van der Waals surface area (Å²) in [6, 6.07) is 0. The van der Waals surface area contributed by atoms with Crippen molar-refractivity contribution in [2.24, 2.45) is 0 Å². The summed E-state index contributed by atoms with van der Waals surface area (Å²) in [6.45, 7) is 6.40. The fourth-order valence-corrected chi connectivity index (χ4v) is 10.1. The Hall–Kier alpha value is -3.93.